The number of rotatable bonds is 3. The van der Waals surface area contributed by atoms with Crippen molar-refractivity contribution in [2.75, 3.05) is 25.5 Å². The first-order valence-corrected chi connectivity index (χ1v) is 6.51. The number of carboxylic acid groups (broad SMARTS) is 1. The van der Waals surface area contributed by atoms with Crippen LogP contribution in [0.15, 0.2) is 11.4 Å². The molecule has 18 heavy (non-hydrogen) atoms. The van der Waals surface area contributed by atoms with E-state index in [-0.39, 0.29) is 17.6 Å². The zero-order chi connectivity index (χ0) is 13.1. The van der Waals surface area contributed by atoms with Crippen LogP contribution < -0.4 is 10.6 Å². The molecule has 1 aromatic heterocycles. The van der Waals surface area contributed by atoms with E-state index in [2.05, 4.69) is 15.5 Å². The summed E-state index contributed by atoms with van der Waals surface area (Å²) < 4.78 is 0. The minimum absolute atomic E-state index is 0.124. The lowest BCUT2D eigenvalue weighted by Crippen LogP contribution is -2.39. The molecule has 0 spiro atoms. The molecule has 1 aromatic rings. The molecule has 1 aliphatic heterocycles. The smallest absolute Gasteiger partial charge is 0.338 e. The lowest BCUT2D eigenvalue weighted by molar-refractivity contribution is 0.0698. The van der Waals surface area contributed by atoms with Gasteiger partial charge >= 0.3 is 12.0 Å². The molecule has 2 rings (SSSR count). The summed E-state index contributed by atoms with van der Waals surface area (Å²) in [7, 11) is 2.00. The summed E-state index contributed by atoms with van der Waals surface area (Å²) >= 11 is 1.20. The summed E-state index contributed by atoms with van der Waals surface area (Å²) in [5.41, 5.74) is 0.124. The van der Waals surface area contributed by atoms with Crippen molar-refractivity contribution in [2.24, 2.45) is 0 Å². The Kier molecular flexibility index (Phi) is 3.83. The normalized spacial score (nSPS) is 19.7. The summed E-state index contributed by atoms with van der Waals surface area (Å²) in [4.78, 5) is 24.7. The van der Waals surface area contributed by atoms with Crippen molar-refractivity contribution in [3.63, 3.8) is 0 Å². The molecule has 0 bridgehead atoms. The third-order valence-electron chi connectivity index (χ3n) is 2.85. The summed E-state index contributed by atoms with van der Waals surface area (Å²) in [5, 5.41) is 16.3. The number of thiophene rings is 1. The van der Waals surface area contributed by atoms with Crippen molar-refractivity contribution >= 4 is 28.3 Å². The molecule has 98 valence electrons. The molecule has 6 nitrogen and oxygen atoms in total. The highest BCUT2D eigenvalue weighted by atomic mass is 32.1. The van der Waals surface area contributed by atoms with E-state index in [1.165, 1.54) is 17.4 Å². The predicted molar refractivity (Wildman–Crippen MR) is 69.3 cm³/mol. The highest BCUT2D eigenvalue weighted by Crippen LogP contribution is 2.23. The zero-order valence-electron chi connectivity index (χ0n) is 9.97. The number of likely N-dealkylation sites (N-methyl/N-ethyl adjacent to an activating group) is 1. The average Bonchev–Trinajstić information content (AvgIpc) is 2.87. The fraction of sp³-hybridized carbons (Fsp3) is 0.455. The maximum Gasteiger partial charge on any atom is 0.338 e. The molecule has 7 heteroatoms. The minimum atomic E-state index is -1.04. The molecule has 1 saturated heterocycles. The van der Waals surface area contributed by atoms with Gasteiger partial charge in [0, 0.05) is 12.6 Å². The van der Waals surface area contributed by atoms with E-state index in [1.54, 1.807) is 5.38 Å². The van der Waals surface area contributed by atoms with E-state index in [1.807, 2.05) is 7.05 Å². The summed E-state index contributed by atoms with van der Waals surface area (Å²) in [6.45, 7) is 1.79. The molecule has 0 aromatic carbocycles. The number of urea groups is 1. The monoisotopic (exact) mass is 269 g/mol. The van der Waals surface area contributed by atoms with Crippen LogP contribution >= 0.6 is 11.3 Å². The van der Waals surface area contributed by atoms with Crippen LogP contribution in [0.5, 0.6) is 0 Å². The van der Waals surface area contributed by atoms with Crippen molar-refractivity contribution in [3.8, 4) is 0 Å². The van der Waals surface area contributed by atoms with Crippen molar-refractivity contribution in [2.45, 2.75) is 12.5 Å². The minimum Gasteiger partial charge on any atom is -0.478 e. The first-order chi connectivity index (χ1) is 8.56. The van der Waals surface area contributed by atoms with Gasteiger partial charge in [-0.3, -0.25) is 5.32 Å². The third-order valence-corrected chi connectivity index (χ3v) is 3.68. The van der Waals surface area contributed by atoms with Gasteiger partial charge in [0.2, 0.25) is 0 Å². The lowest BCUT2D eigenvalue weighted by Gasteiger charge is -2.13. The van der Waals surface area contributed by atoms with Gasteiger partial charge in [-0.25, -0.2) is 9.59 Å². The molecule has 1 fully saturated rings. The number of amides is 2. The maximum absolute atomic E-state index is 11.7. The second-order valence-corrected chi connectivity index (χ2v) is 5.23. The van der Waals surface area contributed by atoms with Crippen LogP contribution in [0.1, 0.15) is 16.8 Å². The quantitative estimate of drug-likeness (QED) is 0.772. The van der Waals surface area contributed by atoms with Crippen LogP contribution in [0.3, 0.4) is 0 Å². The van der Waals surface area contributed by atoms with E-state index in [0.29, 0.717) is 5.00 Å². The Labute approximate surface area is 109 Å². The van der Waals surface area contributed by atoms with Crippen molar-refractivity contribution < 1.29 is 14.7 Å². The number of aromatic carboxylic acids is 1. The maximum atomic E-state index is 11.7. The third kappa shape index (κ3) is 2.99. The van der Waals surface area contributed by atoms with Crippen LogP contribution in [0.4, 0.5) is 9.80 Å². The van der Waals surface area contributed by atoms with E-state index in [4.69, 9.17) is 5.11 Å². The molecule has 0 aliphatic carbocycles. The van der Waals surface area contributed by atoms with E-state index in [0.717, 1.165) is 19.5 Å². The van der Waals surface area contributed by atoms with Crippen molar-refractivity contribution in [1.82, 2.24) is 10.2 Å². The predicted octanol–water partition coefficient (Wildman–Crippen LogP) is 1.27. The number of hydrogen-bond acceptors (Lipinski definition) is 4. The fourth-order valence-electron chi connectivity index (χ4n) is 1.95. The van der Waals surface area contributed by atoms with Gasteiger partial charge in [-0.1, -0.05) is 0 Å². The standard InChI is InChI=1S/C11H15N3O3S/c1-14-4-2-7(6-14)12-11(17)13-9-8(10(15)16)3-5-18-9/h3,5,7H,2,4,6H2,1H3,(H,15,16)(H2,12,13,17). The second kappa shape index (κ2) is 5.36. The van der Waals surface area contributed by atoms with Gasteiger partial charge in [0.1, 0.15) is 5.00 Å². The van der Waals surface area contributed by atoms with Gasteiger partial charge < -0.3 is 15.3 Å². The zero-order valence-corrected chi connectivity index (χ0v) is 10.8. The molecule has 2 heterocycles. The highest BCUT2D eigenvalue weighted by molar-refractivity contribution is 7.14. The van der Waals surface area contributed by atoms with Gasteiger partial charge in [-0.15, -0.1) is 11.3 Å². The van der Waals surface area contributed by atoms with Crippen LogP contribution in [0.2, 0.25) is 0 Å². The molecule has 0 saturated carbocycles. The van der Waals surface area contributed by atoms with E-state index >= 15 is 0 Å². The number of carbonyl (C=O) groups is 2. The Bertz CT molecular complexity index is 460. The van der Waals surface area contributed by atoms with Crippen molar-refractivity contribution in [3.05, 3.63) is 17.0 Å². The Morgan fingerprint density at radius 3 is 2.94 bits per heavy atom. The molecular weight excluding hydrogens is 254 g/mol. The first kappa shape index (κ1) is 12.8. The van der Waals surface area contributed by atoms with Crippen LogP contribution in [-0.2, 0) is 0 Å². The molecule has 1 aliphatic rings. The van der Waals surface area contributed by atoms with E-state index in [9.17, 15) is 9.59 Å². The molecule has 1 unspecified atom stereocenters. The average molecular weight is 269 g/mol. The van der Waals surface area contributed by atoms with E-state index < -0.39 is 5.97 Å². The van der Waals surface area contributed by atoms with Gasteiger partial charge in [-0.05, 0) is 31.5 Å². The molecule has 2 amide bonds. The molecule has 3 N–H and O–H groups in total. The summed E-state index contributed by atoms with van der Waals surface area (Å²) in [6, 6.07) is 1.26. The largest absolute Gasteiger partial charge is 0.478 e. The Morgan fingerprint density at radius 2 is 2.33 bits per heavy atom. The summed E-state index contributed by atoms with van der Waals surface area (Å²) in [6.07, 6.45) is 0.917. The van der Waals surface area contributed by atoms with Crippen LogP contribution in [-0.4, -0.2) is 48.2 Å². The second-order valence-electron chi connectivity index (χ2n) is 4.31. The number of likely N-dealkylation sites (tertiary alicyclic amines) is 1. The highest BCUT2D eigenvalue weighted by Gasteiger charge is 2.22. The Balaban J connectivity index is 1.91. The number of nitrogens with zero attached hydrogens (tertiary/aromatic N) is 1. The van der Waals surface area contributed by atoms with Crippen molar-refractivity contribution in [1.29, 1.82) is 0 Å². The number of carbonyl (C=O) groups excluding carboxylic acids is 1. The molecule has 1 atom stereocenters. The van der Waals surface area contributed by atoms with Gasteiger partial charge in [-0.2, -0.15) is 0 Å². The fourth-order valence-corrected chi connectivity index (χ4v) is 2.73. The lowest BCUT2D eigenvalue weighted by atomic mass is 10.3. The van der Waals surface area contributed by atoms with Gasteiger partial charge in [0.25, 0.3) is 0 Å². The summed E-state index contributed by atoms with van der Waals surface area (Å²) in [5.74, 6) is -1.04. The Morgan fingerprint density at radius 1 is 1.56 bits per heavy atom. The Hall–Kier alpha value is -1.60. The number of anilines is 1. The number of carboxylic acids is 1. The molecular formula is C11H15N3O3S. The topological polar surface area (TPSA) is 81.7 Å². The van der Waals surface area contributed by atoms with Gasteiger partial charge in [0.05, 0.1) is 5.56 Å². The van der Waals surface area contributed by atoms with Gasteiger partial charge in [0.15, 0.2) is 0 Å². The molecule has 0 radical (unpaired) electrons. The number of hydrogen-bond donors (Lipinski definition) is 3. The van der Waals surface area contributed by atoms with Crippen LogP contribution in [0, 0.1) is 0 Å². The first-order valence-electron chi connectivity index (χ1n) is 5.63. The number of nitrogens with one attached hydrogen (secondary N) is 2. The SMILES string of the molecule is CN1CCC(NC(=O)Nc2sccc2C(=O)O)C1. The van der Waals surface area contributed by atoms with Crippen LogP contribution in [0.25, 0.3) is 0 Å².